The largest absolute Gasteiger partial charge is 0.508 e. The molecule has 0 spiro atoms. The molecule has 4 rings (SSSR count). The number of phenols is 1. The smallest absolute Gasteiger partial charge is 0.251 e. The molecular weight excluding hydrogens is 366 g/mol. The van der Waals surface area contributed by atoms with Crippen LogP contribution in [0.25, 0.3) is 0 Å². The SMILES string of the molecule is O=C(NC[C@@H]1CC[C@H](CC(=O)N2CCCCC2)N1CC1CC1)c1cccc(O)c1. The molecular formula is C23H33N3O3. The van der Waals surface area contributed by atoms with Crippen LogP contribution in [0, 0.1) is 5.92 Å². The molecule has 29 heavy (non-hydrogen) atoms. The van der Waals surface area contributed by atoms with Crippen LogP contribution in [-0.2, 0) is 4.79 Å². The summed E-state index contributed by atoms with van der Waals surface area (Å²) in [4.78, 5) is 29.8. The molecule has 1 aromatic rings. The predicted molar refractivity (Wildman–Crippen MR) is 112 cm³/mol. The number of piperidine rings is 1. The molecule has 3 fully saturated rings. The Morgan fingerprint density at radius 2 is 1.79 bits per heavy atom. The van der Waals surface area contributed by atoms with Crippen LogP contribution in [0.2, 0.25) is 0 Å². The van der Waals surface area contributed by atoms with Crippen LogP contribution in [-0.4, -0.2) is 65.0 Å². The number of carbonyl (C=O) groups is 2. The third kappa shape index (κ3) is 5.30. The topological polar surface area (TPSA) is 72.9 Å². The average molecular weight is 400 g/mol. The van der Waals surface area contributed by atoms with Gasteiger partial charge in [0, 0.05) is 50.2 Å². The number of nitrogens with zero attached hydrogens (tertiary/aromatic N) is 2. The van der Waals surface area contributed by atoms with Crippen molar-refractivity contribution < 1.29 is 14.7 Å². The van der Waals surface area contributed by atoms with Gasteiger partial charge in [0.1, 0.15) is 5.75 Å². The molecule has 0 bridgehead atoms. The number of nitrogens with one attached hydrogen (secondary N) is 1. The van der Waals surface area contributed by atoms with Crippen LogP contribution < -0.4 is 5.32 Å². The average Bonchev–Trinajstić information content (AvgIpc) is 3.48. The zero-order chi connectivity index (χ0) is 20.2. The molecule has 6 nitrogen and oxygen atoms in total. The Balaban J connectivity index is 1.34. The van der Waals surface area contributed by atoms with E-state index in [0.29, 0.717) is 30.5 Å². The third-order valence-electron chi connectivity index (χ3n) is 6.66. The van der Waals surface area contributed by atoms with E-state index < -0.39 is 0 Å². The summed E-state index contributed by atoms with van der Waals surface area (Å²) in [6.45, 7) is 3.47. The molecule has 0 unspecified atom stereocenters. The first-order valence-corrected chi connectivity index (χ1v) is 11.2. The Labute approximate surface area is 173 Å². The van der Waals surface area contributed by atoms with E-state index in [1.807, 2.05) is 0 Å². The van der Waals surface area contributed by atoms with Gasteiger partial charge in [0.05, 0.1) is 0 Å². The van der Waals surface area contributed by atoms with Crippen LogP contribution in [0.5, 0.6) is 5.75 Å². The number of phenolic OH excluding ortho intramolecular Hbond substituents is 1. The summed E-state index contributed by atoms with van der Waals surface area (Å²) in [5.41, 5.74) is 0.480. The van der Waals surface area contributed by atoms with Gasteiger partial charge in [-0.25, -0.2) is 0 Å². The molecule has 2 amide bonds. The van der Waals surface area contributed by atoms with Crippen molar-refractivity contribution >= 4 is 11.8 Å². The van der Waals surface area contributed by atoms with Crippen molar-refractivity contribution in [1.29, 1.82) is 0 Å². The summed E-state index contributed by atoms with van der Waals surface area (Å²) in [7, 11) is 0. The Kier molecular flexibility index (Phi) is 6.38. The second-order valence-corrected chi connectivity index (χ2v) is 8.93. The van der Waals surface area contributed by atoms with Crippen molar-refractivity contribution in [2.75, 3.05) is 26.2 Å². The highest BCUT2D eigenvalue weighted by Gasteiger charge is 2.38. The van der Waals surface area contributed by atoms with E-state index in [2.05, 4.69) is 15.1 Å². The summed E-state index contributed by atoms with van der Waals surface area (Å²) < 4.78 is 0. The van der Waals surface area contributed by atoms with Crippen molar-refractivity contribution in [3.63, 3.8) is 0 Å². The Morgan fingerprint density at radius 3 is 2.52 bits per heavy atom. The lowest BCUT2D eigenvalue weighted by molar-refractivity contribution is -0.133. The number of hydrogen-bond acceptors (Lipinski definition) is 4. The monoisotopic (exact) mass is 399 g/mol. The maximum Gasteiger partial charge on any atom is 0.251 e. The standard InChI is InChI=1S/C23H33N3O3/c27-21-6-4-5-18(13-21)23(29)24-15-20-10-9-19(26(20)16-17-7-8-17)14-22(28)25-11-2-1-3-12-25/h4-6,13,17,19-20,27H,1-3,7-12,14-16H2,(H,24,29)/t19-,20+/m1/s1. The number of likely N-dealkylation sites (tertiary alicyclic amines) is 2. The minimum absolute atomic E-state index is 0.102. The van der Waals surface area contributed by atoms with Crippen LogP contribution in [0.1, 0.15) is 61.7 Å². The maximum absolute atomic E-state index is 12.8. The van der Waals surface area contributed by atoms with E-state index in [0.717, 1.165) is 51.2 Å². The Morgan fingerprint density at radius 1 is 1.03 bits per heavy atom. The van der Waals surface area contributed by atoms with Gasteiger partial charge in [-0.1, -0.05) is 6.07 Å². The molecule has 6 heteroatoms. The van der Waals surface area contributed by atoms with Gasteiger partial charge < -0.3 is 15.3 Å². The lowest BCUT2D eigenvalue weighted by atomic mass is 10.1. The van der Waals surface area contributed by atoms with Crippen LogP contribution >= 0.6 is 0 Å². The number of benzene rings is 1. The highest BCUT2D eigenvalue weighted by atomic mass is 16.3. The van der Waals surface area contributed by atoms with E-state index in [4.69, 9.17) is 0 Å². The molecule has 1 saturated carbocycles. The fraction of sp³-hybridized carbons (Fsp3) is 0.652. The minimum atomic E-state index is -0.153. The molecule has 0 radical (unpaired) electrons. The predicted octanol–water partition coefficient (Wildman–Crippen LogP) is 2.77. The summed E-state index contributed by atoms with van der Waals surface area (Å²) in [5, 5.41) is 12.6. The second kappa shape index (κ2) is 9.16. The minimum Gasteiger partial charge on any atom is -0.508 e. The summed E-state index contributed by atoms with van der Waals surface area (Å²) >= 11 is 0. The van der Waals surface area contributed by atoms with Gasteiger partial charge in [0.2, 0.25) is 5.91 Å². The molecule has 0 aromatic heterocycles. The molecule has 1 aromatic carbocycles. The second-order valence-electron chi connectivity index (χ2n) is 8.93. The molecule has 158 valence electrons. The fourth-order valence-corrected chi connectivity index (χ4v) is 4.78. The summed E-state index contributed by atoms with van der Waals surface area (Å²) in [6.07, 6.45) is 8.73. The first-order chi connectivity index (χ1) is 14.1. The van der Waals surface area contributed by atoms with Gasteiger partial charge in [0.15, 0.2) is 0 Å². The first kappa shape index (κ1) is 20.2. The molecule has 2 N–H and O–H groups in total. The van der Waals surface area contributed by atoms with Gasteiger partial charge >= 0.3 is 0 Å². The van der Waals surface area contributed by atoms with Crippen molar-refractivity contribution in [3.8, 4) is 5.75 Å². The highest BCUT2D eigenvalue weighted by Crippen LogP contribution is 2.35. The van der Waals surface area contributed by atoms with Crippen molar-refractivity contribution in [2.45, 2.75) is 63.5 Å². The molecule has 2 saturated heterocycles. The van der Waals surface area contributed by atoms with Crippen molar-refractivity contribution in [2.24, 2.45) is 5.92 Å². The van der Waals surface area contributed by atoms with Crippen LogP contribution in [0.3, 0.4) is 0 Å². The first-order valence-electron chi connectivity index (χ1n) is 11.2. The number of aromatic hydroxyl groups is 1. The van der Waals surface area contributed by atoms with Gasteiger partial charge in [-0.3, -0.25) is 14.5 Å². The molecule has 2 atom stereocenters. The lowest BCUT2D eigenvalue weighted by Gasteiger charge is -2.33. The van der Waals surface area contributed by atoms with Crippen molar-refractivity contribution in [1.82, 2.24) is 15.1 Å². The number of carbonyl (C=O) groups excluding carboxylic acids is 2. The van der Waals surface area contributed by atoms with Crippen LogP contribution in [0.4, 0.5) is 0 Å². The maximum atomic E-state index is 12.8. The number of amides is 2. The summed E-state index contributed by atoms with van der Waals surface area (Å²) in [5.74, 6) is 1.01. The molecule has 2 heterocycles. The molecule has 3 aliphatic rings. The van der Waals surface area contributed by atoms with E-state index in [9.17, 15) is 14.7 Å². The lowest BCUT2D eigenvalue weighted by Crippen LogP contribution is -2.46. The van der Waals surface area contributed by atoms with E-state index in [1.165, 1.54) is 25.3 Å². The number of hydrogen-bond donors (Lipinski definition) is 2. The Bertz CT molecular complexity index is 728. The van der Waals surface area contributed by atoms with Crippen LogP contribution in [0.15, 0.2) is 24.3 Å². The fourth-order valence-electron chi connectivity index (χ4n) is 4.78. The highest BCUT2D eigenvalue weighted by molar-refractivity contribution is 5.94. The zero-order valence-electron chi connectivity index (χ0n) is 17.2. The third-order valence-corrected chi connectivity index (χ3v) is 6.66. The van der Waals surface area contributed by atoms with Gasteiger partial charge in [-0.2, -0.15) is 0 Å². The van der Waals surface area contributed by atoms with Crippen molar-refractivity contribution in [3.05, 3.63) is 29.8 Å². The quantitative estimate of drug-likeness (QED) is 0.740. The normalized spacial score (nSPS) is 25.2. The Hall–Kier alpha value is -2.08. The molecule has 2 aliphatic heterocycles. The van der Waals surface area contributed by atoms with Gasteiger partial charge in [0.25, 0.3) is 5.91 Å². The van der Waals surface area contributed by atoms with E-state index in [-0.39, 0.29) is 17.7 Å². The number of rotatable bonds is 7. The van der Waals surface area contributed by atoms with E-state index >= 15 is 0 Å². The zero-order valence-corrected chi connectivity index (χ0v) is 17.2. The van der Waals surface area contributed by atoms with E-state index in [1.54, 1.807) is 18.2 Å². The van der Waals surface area contributed by atoms with Gasteiger partial charge in [-0.15, -0.1) is 0 Å². The van der Waals surface area contributed by atoms with Gasteiger partial charge in [-0.05, 0) is 69.1 Å². The summed E-state index contributed by atoms with van der Waals surface area (Å²) in [6, 6.07) is 7.04. The molecule has 1 aliphatic carbocycles.